The van der Waals surface area contributed by atoms with Crippen LogP contribution in [0.3, 0.4) is 0 Å². The van der Waals surface area contributed by atoms with Crippen LogP contribution in [0, 0.1) is 17.2 Å². The zero-order chi connectivity index (χ0) is 21.3. The van der Waals surface area contributed by atoms with E-state index in [9.17, 15) is 4.79 Å². The molecule has 0 unspecified atom stereocenters. The summed E-state index contributed by atoms with van der Waals surface area (Å²) in [6.07, 6.45) is 5.60. The first-order valence-electron chi connectivity index (χ1n) is 11.0. The number of anilines is 1. The van der Waals surface area contributed by atoms with Gasteiger partial charge in [0.05, 0.1) is 20.3 Å². The van der Waals surface area contributed by atoms with E-state index in [4.69, 9.17) is 14.7 Å². The minimum Gasteiger partial charge on any atom is -0.497 e. The van der Waals surface area contributed by atoms with Crippen LogP contribution in [0.2, 0.25) is 0 Å². The summed E-state index contributed by atoms with van der Waals surface area (Å²) in [5, 5.41) is 11.6. The number of carbonyl (C=O) groups excluding carboxylic acids is 1. The monoisotopic (exact) mass is 414 g/mol. The summed E-state index contributed by atoms with van der Waals surface area (Å²) in [6.45, 7) is 5.30. The summed E-state index contributed by atoms with van der Waals surface area (Å²) in [5.74, 6) is 2.26. The van der Waals surface area contributed by atoms with Gasteiger partial charge in [0.25, 0.3) is 0 Å². The van der Waals surface area contributed by atoms with Crippen molar-refractivity contribution in [3.8, 4) is 17.6 Å². The van der Waals surface area contributed by atoms with E-state index in [1.165, 1.54) is 19.3 Å². The van der Waals surface area contributed by atoms with Gasteiger partial charge in [-0.3, -0.25) is 9.69 Å². The van der Waals surface area contributed by atoms with Crippen molar-refractivity contribution in [3.05, 3.63) is 18.2 Å². The van der Waals surface area contributed by atoms with E-state index in [1.807, 2.05) is 12.1 Å². The number of nitriles is 1. The third-order valence-corrected chi connectivity index (χ3v) is 6.38. The van der Waals surface area contributed by atoms with Crippen molar-refractivity contribution >= 4 is 11.6 Å². The normalized spacial score (nSPS) is 22.2. The first kappa shape index (κ1) is 22.2. The van der Waals surface area contributed by atoms with Gasteiger partial charge in [-0.25, -0.2) is 0 Å². The Morgan fingerprint density at radius 2 is 1.70 bits per heavy atom. The molecular formula is C23H34N4O3. The largest absolute Gasteiger partial charge is 0.497 e. The maximum Gasteiger partial charge on any atom is 0.234 e. The fourth-order valence-electron chi connectivity index (χ4n) is 4.52. The highest BCUT2D eigenvalue weighted by Crippen LogP contribution is 2.30. The molecule has 0 bridgehead atoms. The van der Waals surface area contributed by atoms with Crippen molar-refractivity contribution in [2.45, 2.75) is 44.6 Å². The van der Waals surface area contributed by atoms with E-state index >= 15 is 0 Å². The molecule has 1 aliphatic carbocycles. The van der Waals surface area contributed by atoms with Crippen molar-refractivity contribution in [1.82, 2.24) is 10.2 Å². The summed E-state index contributed by atoms with van der Waals surface area (Å²) >= 11 is 0. The smallest absolute Gasteiger partial charge is 0.234 e. The molecule has 1 aliphatic heterocycles. The van der Waals surface area contributed by atoms with Crippen LogP contribution < -0.4 is 19.7 Å². The number of nitrogens with one attached hydrogen (secondary N) is 1. The lowest BCUT2D eigenvalue weighted by molar-refractivity contribution is -0.121. The molecule has 2 aliphatic rings. The van der Waals surface area contributed by atoms with Gasteiger partial charge in [0.2, 0.25) is 5.91 Å². The number of hydrogen-bond acceptors (Lipinski definition) is 6. The number of amides is 1. The molecule has 1 saturated carbocycles. The van der Waals surface area contributed by atoms with Gasteiger partial charge in [0.15, 0.2) is 0 Å². The molecule has 7 nitrogen and oxygen atoms in total. The molecule has 0 spiro atoms. The molecular weight excluding hydrogens is 380 g/mol. The van der Waals surface area contributed by atoms with Gasteiger partial charge < -0.3 is 19.7 Å². The molecule has 0 radical (unpaired) electrons. The number of ether oxygens (including phenoxy) is 2. The molecule has 30 heavy (non-hydrogen) atoms. The van der Waals surface area contributed by atoms with Crippen LogP contribution in [0.25, 0.3) is 0 Å². The lowest BCUT2D eigenvalue weighted by Gasteiger charge is -2.37. The van der Waals surface area contributed by atoms with Gasteiger partial charge >= 0.3 is 0 Å². The lowest BCUT2D eigenvalue weighted by atomic mass is 9.84. The molecule has 1 amide bonds. The summed E-state index contributed by atoms with van der Waals surface area (Å²) in [4.78, 5) is 16.5. The van der Waals surface area contributed by atoms with Crippen LogP contribution >= 0.6 is 0 Å². The first-order valence-corrected chi connectivity index (χ1v) is 11.0. The molecule has 1 heterocycles. The standard InChI is InChI=1S/C23H34N4O3/c1-29-21-15-20(16-22(17-21)30-2)27-13-11-26(12-14-27)10-8-18-3-5-19(6-4-18)25-23(28)7-9-24/h15-19H,3-8,10-14H2,1-2H3,(H,25,28). The second-order valence-electron chi connectivity index (χ2n) is 8.31. The summed E-state index contributed by atoms with van der Waals surface area (Å²) < 4.78 is 10.8. The molecule has 7 heteroatoms. The highest BCUT2D eigenvalue weighted by atomic mass is 16.5. The quantitative estimate of drug-likeness (QED) is 0.705. The third-order valence-electron chi connectivity index (χ3n) is 6.38. The van der Waals surface area contributed by atoms with Crippen LogP contribution in [0.5, 0.6) is 11.5 Å². The fourth-order valence-corrected chi connectivity index (χ4v) is 4.52. The Balaban J connectivity index is 1.38. The topological polar surface area (TPSA) is 77.8 Å². The lowest BCUT2D eigenvalue weighted by Crippen LogP contribution is -2.47. The van der Waals surface area contributed by atoms with E-state index in [0.29, 0.717) is 0 Å². The van der Waals surface area contributed by atoms with Gasteiger partial charge in [-0.2, -0.15) is 5.26 Å². The second kappa shape index (κ2) is 11.1. The Morgan fingerprint density at radius 1 is 1.07 bits per heavy atom. The van der Waals surface area contributed by atoms with Gasteiger partial charge in [-0.05, 0) is 44.6 Å². The van der Waals surface area contributed by atoms with Crippen molar-refractivity contribution in [2.75, 3.05) is 51.8 Å². The van der Waals surface area contributed by atoms with Crippen molar-refractivity contribution in [2.24, 2.45) is 5.92 Å². The minimum absolute atomic E-state index is 0.0333. The van der Waals surface area contributed by atoms with Crippen molar-refractivity contribution in [3.63, 3.8) is 0 Å². The van der Waals surface area contributed by atoms with E-state index in [2.05, 4.69) is 27.2 Å². The average Bonchev–Trinajstić information content (AvgIpc) is 2.78. The Kier molecular flexibility index (Phi) is 8.21. The number of nitrogens with zero attached hydrogens (tertiary/aromatic N) is 3. The minimum atomic E-state index is -0.132. The van der Waals surface area contributed by atoms with Crippen molar-refractivity contribution in [1.29, 1.82) is 5.26 Å². The molecule has 1 aromatic rings. The number of benzene rings is 1. The Morgan fingerprint density at radius 3 is 2.27 bits per heavy atom. The molecule has 0 aromatic heterocycles. The van der Waals surface area contributed by atoms with Crippen molar-refractivity contribution < 1.29 is 14.3 Å². The van der Waals surface area contributed by atoms with E-state index in [1.54, 1.807) is 14.2 Å². The third kappa shape index (κ3) is 6.27. The van der Waals surface area contributed by atoms with E-state index in [-0.39, 0.29) is 18.4 Å². The van der Waals surface area contributed by atoms with Gasteiger partial charge in [0.1, 0.15) is 17.9 Å². The number of carbonyl (C=O) groups is 1. The van der Waals surface area contributed by atoms with Gasteiger partial charge in [-0.15, -0.1) is 0 Å². The Labute approximate surface area is 179 Å². The van der Waals surface area contributed by atoms with E-state index in [0.717, 1.165) is 68.7 Å². The van der Waals surface area contributed by atoms with E-state index < -0.39 is 0 Å². The van der Waals surface area contributed by atoms with Crippen LogP contribution in [-0.2, 0) is 4.79 Å². The molecule has 2 fully saturated rings. The highest BCUT2D eigenvalue weighted by Gasteiger charge is 2.24. The Hall–Kier alpha value is -2.46. The van der Waals surface area contributed by atoms with Crippen LogP contribution in [0.4, 0.5) is 5.69 Å². The maximum absolute atomic E-state index is 11.6. The van der Waals surface area contributed by atoms with Crippen LogP contribution in [0.15, 0.2) is 18.2 Å². The summed E-state index contributed by atoms with van der Waals surface area (Å²) in [6, 6.07) is 8.23. The zero-order valence-corrected chi connectivity index (χ0v) is 18.2. The number of methoxy groups -OCH3 is 2. The summed E-state index contributed by atoms with van der Waals surface area (Å²) in [7, 11) is 3.37. The molecule has 164 valence electrons. The molecule has 1 saturated heterocycles. The van der Waals surface area contributed by atoms with Gasteiger partial charge in [-0.1, -0.05) is 0 Å². The fraction of sp³-hybridized carbons (Fsp3) is 0.652. The maximum atomic E-state index is 11.6. The summed E-state index contributed by atoms with van der Waals surface area (Å²) in [5.41, 5.74) is 1.16. The highest BCUT2D eigenvalue weighted by molar-refractivity contribution is 5.78. The molecule has 0 atom stereocenters. The van der Waals surface area contributed by atoms with Crippen LogP contribution in [-0.4, -0.2) is 63.8 Å². The average molecular weight is 415 g/mol. The molecule has 1 N–H and O–H groups in total. The number of rotatable bonds is 8. The van der Waals surface area contributed by atoms with Crippen LogP contribution in [0.1, 0.15) is 38.5 Å². The number of hydrogen-bond donors (Lipinski definition) is 1. The van der Waals surface area contributed by atoms with Gasteiger partial charge in [0, 0.05) is 56.1 Å². The predicted octanol–water partition coefficient (Wildman–Crippen LogP) is 2.80. The number of piperazine rings is 1. The predicted molar refractivity (Wildman–Crippen MR) is 117 cm³/mol. The second-order valence-corrected chi connectivity index (χ2v) is 8.31. The molecule has 1 aromatic carbocycles. The first-order chi connectivity index (χ1) is 14.6. The molecule has 3 rings (SSSR count). The SMILES string of the molecule is COc1cc(OC)cc(N2CCN(CCC3CCC(NC(=O)CC#N)CC3)CC2)c1. The Bertz CT molecular complexity index is 710. The zero-order valence-electron chi connectivity index (χ0n) is 18.2.